The molecule has 4 aromatic rings. The summed E-state index contributed by atoms with van der Waals surface area (Å²) in [6.07, 6.45) is 0. The number of fused-ring (bicyclic) bond motifs is 1. The molecule has 0 fully saturated rings. The van der Waals surface area contributed by atoms with Crippen LogP contribution in [0.4, 0.5) is 10.1 Å². The number of nitriles is 1. The Bertz CT molecular complexity index is 1430. The molecule has 0 radical (unpaired) electrons. The molecule has 2 aromatic heterocycles. The molecule has 0 bridgehead atoms. The number of thioether (sulfide) groups is 1. The molecule has 2 aromatic carbocycles. The number of thiophene rings is 1. The highest BCUT2D eigenvalue weighted by atomic mass is 35.5. The van der Waals surface area contributed by atoms with E-state index in [0.717, 1.165) is 17.3 Å². The van der Waals surface area contributed by atoms with Crippen molar-refractivity contribution in [3.8, 4) is 17.2 Å². The maximum atomic E-state index is 13.2. The van der Waals surface area contributed by atoms with Gasteiger partial charge in [-0.15, -0.1) is 11.3 Å². The Kier molecular flexibility index (Phi) is 6.28. The van der Waals surface area contributed by atoms with Crippen LogP contribution in [0.2, 0.25) is 5.02 Å². The van der Waals surface area contributed by atoms with E-state index in [4.69, 9.17) is 16.9 Å². The number of carbonyl (C=O) groups excluding carboxylic acids is 1. The SMILES string of the molecule is CC(Sc1nc2scc(-c3ccc(F)cc3)c2c(=O)[nH]1)C(=O)Nc1ccc(C#N)c(Cl)c1. The molecule has 0 aliphatic rings. The molecule has 1 unspecified atom stereocenters. The highest BCUT2D eigenvalue weighted by Gasteiger charge is 2.19. The first-order valence-electron chi connectivity index (χ1n) is 9.30. The standard InChI is InChI=1S/C22H14ClFN4O2S2/c1-11(19(29)26-15-7-4-13(9-25)17(23)8-15)32-22-27-20(30)18-16(10-31-21(18)28-22)12-2-5-14(24)6-3-12/h2-8,10-11H,1H3,(H,26,29)(H,27,28,30). The van der Waals surface area contributed by atoms with Gasteiger partial charge in [-0.25, -0.2) is 9.37 Å². The van der Waals surface area contributed by atoms with E-state index in [1.807, 2.05) is 6.07 Å². The molecule has 0 aliphatic carbocycles. The second-order valence-corrected chi connectivity index (χ2v) is 9.36. The van der Waals surface area contributed by atoms with Gasteiger partial charge in [0.1, 0.15) is 16.7 Å². The number of aromatic nitrogens is 2. The van der Waals surface area contributed by atoms with E-state index >= 15 is 0 Å². The molecule has 4 rings (SSSR count). The van der Waals surface area contributed by atoms with Gasteiger partial charge in [0.2, 0.25) is 5.91 Å². The van der Waals surface area contributed by atoms with Crippen molar-refractivity contribution in [1.82, 2.24) is 9.97 Å². The monoisotopic (exact) mass is 484 g/mol. The van der Waals surface area contributed by atoms with Crippen LogP contribution in [0, 0.1) is 17.1 Å². The first-order chi connectivity index (χ1) is 15.4. The van der Waals surface area contributed by atoms with Crippen molar-refractivity contribution in [3.63, 3.8) is 0 Å². The Morgan fingerprint density at radius 1 is 1.31 bits per heavy atom. The summed E-state index contributed by atoms with van der Waals surface area (Å²) < 4.78 is 13.2. The van der Waals surface area contributed by atoms with E-state index in [1.54, 1.807) is 30.5 Å². The highest BCUT2D eigenvalue weighted by Crippen LogP contribution is 2.32. The van der Waals surface area contributed by atoms with Crippen molar-refractivity contribution in [2.45, 2.75) is 17.3 Å². The van der Waals surface area contributed by atoms with E-state index in [2.05, 4.69) is 15.3 Å². The normalized spacial score (nSPS) is 11.8. The average molecular weight is 485 g/mol. The van der Waals surface area contributed by atoms with Crippen molar-refractivity contribution in [1.29, 1.82) is 5.26 Å². The third kappa shape index (κ3) is 4.53. The lowest BCUT2D eigenvalue weighted by atomic mass is 10.1. The van der Waals surface area contributed by atoms with E-state index in [-0.39, 0.29) is 22.3 Å². The fourth-order valence-electron chi connectivity index (χ4n) is 2.98. The van der Waals surface area contributed by atoms with Crippen LogP contribution in [0.5, 0.6) is 0 Å². The van der Waals surface area contributed by atoms with Crippen molar-refractivity contribution >= 4 is 56.5 Å². The minimum absolute atomic E-state index is 0.247. The van der Waals surface area contributed by atoms with Crippen LogP contribution < -0.4 is 10.9 Å². The number of nitrogens with one attached hydrogen (secondary N) is 2. The van der Waals surface area contributed by atoms with Crippen LogP contribution in [0.15, 0.2) is 57.8 Å². The molecule has 0 saturated carbocycles. The molecule has 32 heavy (non-hydrogen) atoms. The molecule has 10 heteroatoms. The predicted octanol–water partition coefficient (Wildman–Crippen LogP) is 5.44. The van der Waals surface area contributed by atoms with E-state index in [1.165, 1.54) is 35.6 Å². The van der Waals surface area contributed by atoms with E-state index in [0.29, 0.717) is 32.2 Å². The molecule has 0 spiro atoms. The Morgan fingerprint density at radius 2 is 2.06 bits per heavy atom. The molecule has 0 aliphatic heterocycles. The lowest BCUT2D eigenvalue weighted by Crippen LogP contribution is -2.23. The zero-order chi connectivity index (χ0) is 22.8. The minimum atomic E-state index is -0.568. The second-order valence-electron chi connectivity index (χ2n) is 6.76. The molecule has 1 amide bonds. The van der Waals surface area contributed by atoms with Gasteiger partial charge in [-0.3, -0.25) is 9.59 Å². The third-order valence-corrected chi connectivity index (χ3v) is 6.76. The summed E-state index contributed by atoms with van der Waals surface area (Å²) in [5, 5.41) is 13.9. The number of nitrogens with zero attached hydrogens (tertiary/aromatic N) is 2. The zero-order valence-electron chi connectivity index (χ0n) is 16.5. The van der Waals surface area contributed by atoms with Crippen LogP contribution in [0.25, 0.3) is 21.3 Å². The number of carbonyl (C=O) groups is 1. The summed E-state index contributed by atoms with van der Waals surface area (Å²) in [6.45, 7) is 1.69. The van der Waals surface area contributed by atoms with Gasteiger partial charge in [0, 0.05) is 16.6 Å². The number of amides is 1. The number of hydrogen-bond donors (Lipinski definition) is 2. The molecule has 2 N–H and O–H groups in total. The van der Waals surface area contributed by atoms with Crippen molar-refractivity contribution < 1.29 is 9.18 Å². The third-order valence-electron chi connectivity index (χ3n) is 4.59. The number of H-pyrrole nitrogens is 1. The minimum Gasteiger partial charge on any atom is -0.325 e. The van der Waals surface area contributed by atoms with Gasteiger partial charge in [-0.1, -0.05) is 35.5 Å². The van der Waals surface area contributed by atoms with Gasteiger partial charge >= 0.3 is 0 Å². The number of benzene rings is 2. The van der Waals surface area contributed by atoms with Crippen LogP contribution in [0.1, 0.15) is 12.5 Å². The van der Waals surface area contributed by atoms with Crippen LogP contribution in [0.3, 0.4) is 0 Å². The number of halogens is 2. The Morgan fingerprint density at radius 3 is 2.75 bits per heavy atom. The molecular weight excluding hydrogens is 471 g/mol. The van der Waals surface area contributed by atoms with Crippen LogP contribution >= 0.6 is 34.7 Å². The first kappa shape index (κ1) is 22.0. The first-order valence-corrected chi connectivity index (χ1v) is 11.4. The number of hydrogen-bond acceptors (Lipinski definition) is 6. The molecule has 160 valence electrons. The molecule has 6 nitrogen and oxygen atoms in total. The quantitative estimate of drug-likeness (QED) is 0.290. The number of rotatable bonds is 5. The maximum Gasteiger partial charge on any atom is 0.260 e. The topological polar surface area (TPSA) is 98.6 Å². The maximum absolute atomic E-state index is 13.2. The van der Waals surface area contributed by atoms with Gasteiger partial charge in [-0.2, -0.15) is 5.26 Å². The number of anilines is 1. The Balaban J connectivity index is 1.53. The van der Waals surface area contributed by atoms with Gasteiger partial charge in [0.05, 0.1) is 21.2 Å². The molecular formula is C22H14ClFN4O2S2. The van der Waals surface area contributed by atoms with Gasteiger partial charge in [0.15, 0.2) is 5.16 Å². The summed E-state index contributed by atoms with van der Waals surface area (Å²) in [6, 6.07) is 12.5. The Labute approximate surface area is 195 Å². The van der Waals surface area contributed by atoms with E-state index in [9.17, 15) is 14.0 Å². The van der Waals surface area contributed by atoms with E-state index < -0.39 is 5.25 Å². The van der Waals surface area contributed by atoms with Crippen molar-refractivity contribution in [2.24, 2.45) is 0 Å². The molecule has 0 saturated heterocycles. The summed E-state index contributed by atoms with van der Waals surface area (Å²) in [5.74, 6) is -0.661. The smallest absolute Gasteiger partial charge is 0.260 e. The van der Waals surface area contributed by atoms with Crippen molar-refractivity contribution in [2.75, 3.05) is 5.32 Å². The fraction of sp³-hybridized carbons (Fsp3) is 0.0909. The van der Waals surface area contributed by atoms with Crippen molar-refractivity contribution in [3.05, 3.63) is 74.6 Å². The van der Waals surface area contributed by atoms with Gasteiger partial charge in [0.25, 0.3) is 5.56 Å². The zero-order valence-corrected chi connectivity index (χ0v) is 18.9. The fourth-order valence-corrected chi connectivity index (χ4v) is 5.00. The predicted molar refractivity (Wildman–Crippen MR) is 126 cm³/mol. The molecule has 2 heterocycles. The lowest BCUT2D eigenvalue weighted by Gasteiger charge is -2.12. The summed E-state index contributed by atoms with van der Waals surface area (Å²) in [5.41, 5.74) is 1.85. The number of aromatic amines is 1. The highest BCUT2D eigenvalue weighted by molar-refractivity contribution is 8.00. The largest absolute Gasteiger partial charge is 0.325 e. The Hall–Kier alpha value is -3.19. The van der Waals surface area contributed by atoms with Crippen LogP contribution in [-0.4, -0.2) is 21.1 Å². The second kappa shape index (κ2) is 9.12. The lowest BCUT2D eigenvalue weighted by molar-refractivity contribution is -0.115. The average Bonchev–Trinajstić information content (AvgIpc) is 3.19. The summed E-state index contributed by atoms with van der Waals surface area (Å²) in [7, 11) is 0. The van der Waals surface area contributed by atoms with Crippen LogP contribution in [-0.2, 0) is 4.79 Å². The summed E-state index contributed by atoms with van der Waals surface area (Å²) >= 11 is 8.42. The summed E-state index contributed by atoms with van der Waals surface area (Å²) in [4.78, 5) is 33.0. The molecule has 1 atom stereocenters. The van der Waals surface area contributed by atoms with Gasteiger partial charge in [-0.05, 0) is 42.8 Å². The van der Waals surface area contributed by atoms with Gasteiger partial charge < -0.3 is 10.3 Å².